The lowest BCUT2D eigenvalue weighted by atomic mass is 10.2. The molecule has 152 valence electrons. The van der Waals surface area contributed by atoms with E-state index in [2.05, 4.69) is 26.2 Å². The molecule has 3 rings (SSSR count). The first-order chi connectivity index (χ1) is 13.8. The zero-order valence-electron chi connectivity index (χ0n) is 15.7. The summed E-state index contributed by atoms with van der Waals surface area (Å²) in [4.78, 5) is 16.3. The highest BCUT2D eigenvalue weighted by atomic mass is 79.9. The average molecular weight is 478 g/mol. The van der Waals surface area contributed by atoms with Gasteiger partial charge in [0.2, 0.25) is 5.91 Å². The van der Waals surface area contributed by atoms with E-state index in [4.69, 9.17) is 4.74 Å². The molecule has 0 aliphatic carbocycles. The number of amides is 1. The molecule has 1 N–H and O–H groups in total. The number of nitrogens with one attached hydrogen (secondary N) is 1. The van der Waals surface area contributed by atoms with E-state index in [1.807, 2.05) is 23.9 Å². The number of benzene rings is 2. The van der Waals surface area contributed by atoms with Crippen molar-refractivity contribution in [2.45, 2.75) is 12.4 Å². The van der Waals surface area contributed by atoms with E-state index in [1.54, 1.807) is 48.7 Å². The summed E-state index contributed by atoms with van der Waals surface area (Å²) in [5.74, 6) is 0.0458. The van der Waals surface area contributed by atoms with Gasteiger partial charge in [-0.2, -0.15) is 0 Å². The van der Waals surface area contributed by atoms with Crippen LogP contribution < -0.4 is 10.1 Å². The molecule has 2 aromatic carbocycles. The van der Waals surface area contributed by atoms with Gasteiger partial charge in [-0.25, -0.2) is 13.4 Å². The molecular weight excluding hydrogens is 458 g/mol. The number of aromatic nitrogens is 2. The lowest BCUT2D eigenvalue weighted by Gasteiger charge is -2.09. The molecule has 1 aromatic heterocycles. The van der Waals surface area contributed by atoms with E-state index in [9.17, 15) is 13.2 Å². The number of hydrogen-bond acceptors (Lipinski definition) is 5. The van der Waals surface area contributed by atoms with E-state index in [-0.39, 0.29) is 5.75 Å². The summed E-state index contributed by atoms with van der Waals surface area (Å²) >= 11 is 3.31. The third kappa shape index (κ3) is 6.43. The Morgan fingerprint density at radius 3 is 2.62 bits per heavy atom. The second-order valence-electron chi connectivity index (χ2n) is 6.48. The number of ether oxygens (including phenoxy) is 1. The molecular formula is C20H20BrN3O4S. The lowest BCUT2D eigenvalue weighted by molar-refractivity contribution is -0.113. The smallest absolute Gasteiger partial charge is 0.239 e. The number of sulfone groups is 1. The topological polar surface area (TPSA) is 90.3 Å². The summed E-state index contributed by atoms with van der Waals surface area (Å²) < 4.78 is 32.9. The standard InChI is InChI=1S/C20H20BrN3O4S/c1-24-10-9-22-19(24)12-28-18-7-5-17(6-8-18)23-20(25)14-29(26,27)13-15-3-2-4-16(21)11-15/h2-11H,12-14H2,1H3,(H,23,25). The Balaban J connectivity index is 1.52. The second kappa shape index (κ2) is 9.23. The number of halogens is 1. The molecule has 0 atom stereocenters. The number of rotatable bonds is 8. The molecule has 9 heteroatoms. The van der Waals surface area contributed by atoms with Crippen molar-refractivity contribution in [3.63, 3.8) is 0 Å². The van der Waals surface area contributed by atoms with E-state index >= 15 is 0 Å². The number of carbonyl (C=O) groups excluding carboxylic acids is 1. The Morgan fingerprint density at radius 2 is 1.97 bits per heavy atom. The fraction of sp³-hybridized carbons (Fsp3) is 0.200. The van der Waals surface area contributed by atoms with Crippen molar-refractivity contribution in [3.05, 3.63) is 76.8 Å². The van der Waals surface area contributed by atoms with E-state index in [0.29, 0.717) is 23.6 Å². The molecule has 0 radical (unpaired) electrons. The van der Waals surface area contributed by atoms with Crippen LogP contribution in [-0.2, 0) is 34.0 Å². The van der Waals surface area contributed by atoms with Crippen LogP contribution in [0, 0.1) is 0 Å². The predicted molar refractivity (Wildman–Crippen MR) is 114 cm³/mol. The summed E-state index contributed by atoms with van der Waals surface area (Å²) in [7, 11) is -1.70. The van der Waals surface area contributed by atoms with Crippen LogP contribution in [0.25, 0.3) is 0 Å². The van der Waals surface area contributed by atoms with Crippen LogP contribution in [0.3, 0.4) is 0 Å². The molecule has 7 nitrogen and oxygen atoms in total. The van der Waals surface area contributed by atoms with Crippen molar-refractivity contribution < 1.29 is 17.9 Å². The molecule has 0 saturated carbocycles. The van der Waals surface area contributed by atoms with E-state index < -0.39 is 21.5 Å². The summed E-state index contributed by atoms with van der Waals surface area (Å²) in [5.41, 5.74) is 1.12. The predicted octanol–water partition coefficient (Wildman–Crippen LogP) is 3.32. The van der Waals surface area contributed by atoms with Crippen LogP contribution in [0.4, 0.5) is 5.69 Å². The minimum atomic E-state index is -3.58. The highest BCUT2D eigenvalue weighted by Crippen LogP contribution is 2.18. The minimum Gasteiger partial charge on any atom is -0.486 e. The minimum absolute atomic E-state index is 0.195. The fourth-order valence-electron chi connectivity index (χ4n) is 2.65. The Morgan fingerprint density at radius 1 is 1.21 bits per heavy atom. The Kier molecular flexibility index (Phi) is 6.71. The molecule has 0 aliphatic rings. The quantitative estimate of drug-likeness (QED) is 0.537. The summed E-state index contributed by atoms with van der Waals surface area (Å²) in [6, 6.07) is 13.7. The number of hydrogen-bond donors (Lipinski definition) is 1. The maximum Gasteiger partial charge on any atom is 0.239 e. The van der Waals surface area contributed by atoms with Crippen molar-refractivity contribution in [1.82, 2.24) is 9.55 Å². The molecule has 0 saturated heterocycles. The molecule has 0 aliphatic heterocycles. The van der Waals surface area contributed by atoms with Gasteiger partial charge < -0.3 is 14.6 Å². The molecule has 0 fully saturated rings. The molecule has 3 aromatic rings. The average Bonchev–Trinajstić information content (AvgIpc) is 3.05. The zero-order valence-corrected chi connectivity index (χ0v) is 18.1. The SMILES string of the molecule is Cn1ccnc1COc1ccc(NC(=O)CS(=O)(=O)Cc2cccc(Br)c2)cc1. The number of carbonyl (C=O) groups is 1. The van der Waals surface area contributed by atoms with Crippen LogP contribution in [0.5, 0.6) is 5.75 Å². The largest absolute Gasteiger partial charge is 0.486 e. The summed E-state index contributed by atoms with van der Waals surface area (Å²) in [6.07, 6.45) is 3.53. The molecule has 0 unspecified atom stereocenters. The van der Waals surface area contributed by atoms with Crippen molar-refractivity contribution >= 4 is 37.4 Å². The third-order valence-corrected chi connectivity index (χ3v) is 6.02. The number of imidazole rings is 1. The van der Waals surface area contributed by atoms with Crippen LogP contribution in [0.1, 0.15) is 11.4 Å². The van der Waals surface area contributed by atoms with Gasteiger partial charge in [0, 0.05) is 29.6 Å². The fourth-order valence-corrected chi connectivity index (χ4v) is 4.35. The maximum absolute atomic E-state index is 12.3. The van der Waals surface area contributed by atoms with Gasteiger partial charge in [0.15, 0.2) is 9.84 Å². The highest BCUT2D eigenvalue weighted by molar-refractivity contribution is 9.10. The summed E-state index contributed by atoms with van der Waals surface area (Å²) in [5, 5.41) is 2.60. The van der Waals surface area contributed by atoms with Crippen molar-refractivity contribution in [3.8, 4) is 5.75 Å². The van der Waals surface area contributed by atoms with E-state index in [1.165, 1.54) is 0 Å². The van der Waals surface area contributed by atoms with Crippen LogP contribution in [0.2, 0.25) is 0 Å². The van der Waals surface area contributed by atoms with Crippen molar-refractivity contribution in [2.75, 3.05) is 11.1 Å². The number of nitrogens with zero attached hydrogens (tertiary/aromatic N) is 2. The maximum atomic E-state index is 12.3. The highest BCUT2D eigenvalue weighted by Gasteiger charge is 2.18. The van der Waals surface area contributed by atoms with E-state index in [0.717, 1.165) is 10.3 Å². The van der Waals surface area contributed by atoms with Crippen molar-refractivity contribution in [1.29, 1.82) is 0 Å². The first-order valence-electron chi connectivity index (χ1n) is 8.74. The van der Waals surface area contributed by atoms with Gasteiger partial charge >= 0.3 is 0 Å². The number of aryl methyl sites for hydroxylation is 1. The summed E-state index contributed by atoms with van der Waals surface area (Å²) in [6.45, 7) is 0.322. The van der Waals surface area contributed by atoms with Gasteiger partial charge in [0.25, 0.3) is 0 Å². The molecule has 29 heavy (non-hydrogen) atoms. The van der Waals surface area contributed by atoms with Gasteiger partial charge in [0.05, 0.1) is 5.75 Å². The molecule has 1 heterocycles. The lowest BCUT2D eigenvalue weighted by Crippen LogP contribution is -2.23. The zero-order chi connectivity index (χ0) is 20.9. The van der Waals surface area contributed by atoms with Gasteiger partial charge in [-0.15, -0.1) is 0 Å². The molecule has 0 spiro atoms. The van der Waals surface area contributed by atoms with Crippen LogP contribution >= 0.6 is 15.9 Å². The first kappa shape index (κ1) is 21.1. The van der Waals surface area contributed by atoms with Gasteiger partial charge in [-0.3, -0.25) is 4.79 Å². The Bertz CT molecular complexity index is 1090. The molecule has 1 amide bonds. The third-order valence-electron chi connectivity index (χ3n) is 4.05. The van der Waals surface area contributed by atoms with Gasteiger partial charge in [-0.05, 0) is 42.0 Å². The molecule has 0 bridgehead atoms. The van der Waals surface area contributed by atoms with Crippen LogP contribution in [-0.4, -0.2) is 29.6 Å². The van der Waals surface area contributed by atoms with Crippen molar-refractivity contribution in [2.24, 2.45) is 7.05 Å². The van der Waals surface area contributed by atoms with Gasteiger partial charge in [0.1, 0.15) is 23.9 Å². The first-order valence-corrected chi connectivity index (χ1v) is 11.4. The second-order valence-corrected chi connectivity index (χ2v) is 9.46. The Labute approximate surface area is 177 Å². The van der Waals surface area contributed by atoms with Gasteiger partial charge in [-0.1, -0.05) is 28.1 Å². The number of anilines is 1. The Hall–Kier alpha value is -2.65. The van der Waals surface area contributed by atoms with Crippen LogP contribution in [0.15, 0.2) is 65.4 Å². The normalized spacial score (nSPS) is 11.2. The monoisotopic (exact) mass is 477 g/mol.